The average molecular weight is 993 g/mol. The van der Waals surface area contributed by atoms with Crippen molar-refractivity contribution in [1.29, 1.82) is 0 Å². The van der Waals surface area contributed by atoms with Gasteiger partial charge in [0.25, 0.3) is 0 Å². The molecule has 0 N–H and O–H groups in total. The maximum atomic E-state index is 6.53. The van der Waals surface area contributed by atoms with Gasteiger partial charge < -0.3 is 8.98 Å². The minimum absolute atomic E-state index is 0. The van der Waals surface area contributed by atoms with Crippen molar-refractivity contribution >= 4 is 50.6 Å². The molecule has 3 aromatic carbocycles. The van der Waals surface area contributed by atoms with Crippen molar-refractivity contribution in [2.45, 2.75) is 92.4 Å². The van der Waals surface area contributed by atoms with Gasteiger partial charge in [-0.15, -0.1) is 17.7 Å². The van der Waals surface area contributed by atoms with Crippen LogP contribution in [0.25, 0.3) is 61.3 Å². The van der Waals surface area contributed by atoms with E-state index < -0.39 is 13.3 Å². The molecule has 0 fully saturated rings. The molecule has 6 nitrogen and oxygen atoms in total. The molecule has 8 heteroatoms. The zero-order chi connectivity index (χ0) is 40.1. The number of rotatable bonds is 7. The van der Waals surface area contributed by atoms with E-state index in [-0.39, 0.29) is 20.1 Å². The van der Waals surface area contributed by atoms with Gasteiger partial charge in [-0.25, -0.2) is 0 Å². The summed E-state index contributed by atoms with van der Waals surface area (Å²) in [4.78, 5) is 19.0. The summed E-state index contributed by atoms with van der Waals surface area (Å²) >= 11 is -1.87. The number of imidazole rings is 1. The molecule has 0 bridgehead atoms. The number of nitrogens with zero attached hydrogens (tertiary/aromatic N) is 5. The fourth-order valence-corrected chi connectivity index (χ4v) is 11.4. The molecule has 5 aromatic heterocycles. The SMILES string of the molecule is CCC(C)Cc1cc(-c2[c-]cccc2)nc[c]1[Ge]([CH3])([CH3])[CH3].Cc1cc(C)c(-n2c(-c3[c-]cc(C)c4c3oc3c(C)nc(C)cc34)nc3cnc(C)cc32)c(C)c1.[Ir]. The quantitative estimate of drug-likeness (QED) is 0.118. The van der Waals surface area contributed by atoms with Crippen molar-refractivity contribution in [3.05, 3.63) is 130 Å². The van der Waals surface area contributed by atoms with Crippen LogP contribution in [0.3, 0.4) is 0 Å². The Balaban J connectivity index is 0.000000215. The molecule has 0 amide bonds. The van der Waals surface area contributed by atoms with Crippen LogP contribution in [-0.2, 0) is 26.5 Å². The van der Waals surface area contributed by atoms with Crippen LogP contribution in [0.2, 0.25) is 17.3 Å². The number of aryl methyl sites for hydroxylation is 7. The van der Waals surface area contributed by atoms with Crippen LogP contribution in [0.1, 0.15) is 65.2 Å². The summed E-state index contributed by atoms with van der Waals surface area (Å²) in [6.45, 7) is 19.2. The van der Waals surface area contributed by atoms with E-state index in [0.29, 0.717) is 0 Å². The van der Waals surface area contributed by atoms with Crippen molar-refractivity contribution < 1.29 is 24.5 Å². The third kappa shape index (κ3) is 8.44. The standard InChI is InChI=1S/C30H27N4O.C19H26GeN.Ir/c1-15-10-17(3)27(18(4)11-15)34-25-13-19(5)31-14-24(25)33-30(34)22-9-8-16(2)26-23-12-20(6)32-21(7)28(23)35-29(22)26;1-6-15(2)12-17-13-19(16-10-8-7-9-11-16)21-14-18(17)20(3,4)5;/h8,10-14H,1-7H3;7-10,13-15H,6,12H2,1-5H3;/q2*-1;. The summed E-state index contributed by atoms with van der Waals surface area (Å²) in [7, 11) is 0. The normalized spacial score (nSPS) is 12.1. The predicted octanol–water partition coefficient (Wildman–Crippen LogP) is 12.0. The Morgan fingerprint density at radius 2 is 1.54 bits per heavy atom. The Hall–Kier alpha value is -4.43. The van der Waals surface area contributed by atoms with Gasteiger partial charge in [-0.3, -0.25) is 15.0 Å². The summed E-state index contributed by atoms with van der Waals surface area (Å²) in [5, 5.41) is 2.17. The smallest absolute Gasteiger partial charge is 0.142 e. The molecule has 57 heavy (non-hydrogen) atoms. The molecule has 8 rings (SSSR count). The van der Waals surface area contributed by atoms with Gasteiger partial charge in [-0.05, 0) is 64.8 Å². The molecule has 0 aliphatic heterocycles. The molecule has 0 saturated carbocycles. The van der Waals surface area contributed by atoms with E-state index in [4.69, 9.17) is 14.4 Å². The van der Waals surface area contributed by atoms with Gasteiger partial charge in [0.1, 0.15) is 5.58 Å². The summed E-state index contributed by atoms with van der Waals surface area (Å²) in [5.74, 6) is 8.87. The molecule has 1 radical (unpaired) electrons. The average Bonchev–Trinajstić information content (AvgIpc) is 3.71. The monoisotopic (exact) mass is 994 g/mol. The predicted molar refractivity (Wildman–Crippen MR) is 236 cm³/mol. The van der Waals surface area contributed by atoms with Crippen molar-refractivity contribution in [3.63, 3.8) is 0 Å². The number of fused-ring (bicyclic) bond motifs is 4. The molecule has 295 valence electrons. The van der Waals surface area contributed by atoms with Crippen LogP contribution < -0.4 is 4.40 Å². The molecule has 0 saturated heterocycles. The Morgan fingerprint density at radius 1 is 0.807 bits per heavy atom. The first-order valence-corrected chi connectivity index (χ1v) is 27.1. The summed E-state index contributed by atoms with van der Waals surface area (Å²) in [6, 6.07) is 27.9. The third-order valence-corrected chi connectivity index (χ3v) is 15.2. The van der Waals surface area contributed by atoms with E-state index in [1.54, 1.807) is 4.40 Å². The third-order valence-electron chi connectivity index (χ3n) is 10.8. The topological polar surface area (TPSA) is 69.6 Å². The van der Waals surface area contributed by atoms with Crippen molar-refractivity contribution in [2.24, 2.45) is 5.92 Å². The fourth-order valence-electron chi connectivity index (χ4n) is 8.02. The maximum Gasteiger partial charge on any atom is 0.142 e. The maximum absolute atomic E-state index is 6.53. The minimum atomic E-state index is -1.87. The molecule has 0 spiro atoms. The van der Waals surface area contributed by atoms with Gasteiger partial charge in [0, 0.05) is 42.6 Å². The van der Waals surface area contributed by atoms with Gasteiger partial charge in [0.15, 0.2) is 0 Å². The van der Waals surface area contributed by atoms with Gasteiger partial charge in [-0.1, -0.05) is 35.6 Å². The Morgan fingerprint density at radius 3 is 2.21 bits per heavy atom. The fraction of sp³-hybridized carbons (Fsp3) is 0.306. The number of pyridine rings is 3. The molecule has 5 heterocycles. The number of hydrogen-bond acceptors (Lipinski definition) is 5. The van der Waals surface area contributed by atoms with Crippen LogP contribution in [0.5, 0.6) is 0 Å². The van der Waals surface area contributed by atoms with Crippen LogP contribution >= 0.6 is 0 Å². The number of hydrogen-bond donors (Lipinski definition) is 0. The van der Waals surface area contributed by atoms with Crippen LogP contribution in [0, 0.1) is 66.5 Å². The van der Waals surface area contributed by atoms with Crippen molar-refractivity contribution in [2.75, 3.05) is 0 Å². The zero-order valence-electron chi connectivity index (χ0n) is 35.4. The zero-order valence-corrected chi connectivity index (χ0v) is 39.9. The van der Waals surface area contributed by atoms with Gasteiger partial charge >= 0.3 is 132 Å². The van der Waals surface area contributed by atoms with Gasteiger partial charge in [-0.2, -0.15) is 0 Å². The molecule has 8 aromatic rings. The molecule has 0 aliphatic rings. The largest absolute Gasteiger partial charge is 0.499 e. The second kappa shape index (κ2) is 16.8. The van der Waals surface area contributed by atoms with E-state index in [9.17, 15) is 0 Å². The second-order valence-corrected chi connectivity index (χ2v) is 27.3. The molecular weight excluding hydrogens is 939 g/mol. The van der Waals surface area contributed by atoms with Gasteiger partial charge in [0.2, 0.25) is 0 Å². The summed E-state index contributed by atoms with van der Waals surface area (Å²) in [5.41, 5.74) is 16.7. The van der Waals surface area contributed by atoms with E-state index in [2.05, 4.69) is 134 Å². The number of furan rings is 1. The first-order chi connectivity index (χ1) is 26.6. The van der Waals surface area contributed by atoms with Crippen molar-refractivity contribution in [1.82, 2.24) is 24.5 Å². The molecule has 0 aliphatic carbocycles. The van der Waals surface area contributed by atoms with Crippen LogP contribution in [0.4, 0.5) is 0 Å². The molecule has 1 unspecified atom stereocenters. The number of aromatic nitrogens is 5. The Kier molecular flexibility index (Phi) is 12.4. The molecular formula is C49H53GeIrN5O-2. The number of benzene rings is 3. The minimum Gasteiger partial charge on any atom is -0.499 e. The van der Waals surface area contributed by atoms with E-state index >= 15 is 0 Å². The summed E-state index contributed by atoms with van der Waals surface area (Å²) in [6.07, 6.45) is 6.39. The van der Waals surface area contributed by atoms with E-state index in [1.807, 2.05) is 45.2 Å². The van der Waals surface area contributed by atoms with Crippen molar-refractivity contribution in [3.8, 4) is 28.3 Å². The van der Waals surface area contributed by atoms with E-state index in [0.717, 1.165) is 96.3 Å². The van der Waals surface area contributed by atoms with E-state index in [1.165, 1.54) is 28.7 Å². The van der Waals surface area contributed by atoms with Crippen LogP contribution in [0.15, 0.2) is 77.5 Å². The Bertz CT molecular complexity index is 2720. The molecule has 1 atom stereocenters. The second-order valence-electron chi connectivity index (χ2n) is 16.7. The summed E-state index contributed by atoms with van der Waals surface area (Å²) < 4.78 is 10.3. The van der Waals surface area contributed by atoms with Crippen LogP contribution in [-0.4, -0.2) is 37.8 Å². The Labute approximate surface area is 354 Å². The first-order valence-electron chi connectivity index (χ1n) is 19.8. The van der Waals surface area contributed by atoms with Gasteiger partial charge in [0.05, 0.1) is 34.3 Å². The first kappa shape index (κ1) is 42.2.